The van der Waals surface area contributed by atoms with E-state index >= 15 is 0 Å². The molecule has 4 aliphatic rings. The van der Waals surface area contributed by atoms with Crippen LogP contribution in [0.3, 0.4) is 0 Å². The summed E-state index contributed by atoms with van der Waals surface area (Å²) in [5.74, 6) is -0.610. The van der Waals surface area contributed by atoms with Crippen LogP contribution in [0.2, 0.25) is 0 Å². The zero-order chi connectivity index (χ0) is 28.7. The van der Waals surface area contributed by atoms with Crippen LogP contribution in [0.4, 0.5) is 0 Å². The van der Waals surface area contributed by atoms with Crippen molar-refractivity contribution >= 4 is 20.0 Å². The highest BCUT2D eigenvalue weighted by Crippen LogP contribution is 2.70. The minimum Gasteiger partial charge on any atom is -0.493 e. The number of nitrogens with one attached hydrogen (secondary N) is 1. The first kappa shape index (κ1) is 28.0. The number of aromatic amines is 1. The molecule has 3 fully saturated rings. The molecule has 3 aliphatic carbocycles. The Labute approximate surface area is 236 Å². The van der Waals surface area contributed by atoms with E-state index in [0.717, 1.165) is 32.1 Å². The number of aromatic hydroxyl groups is 1. The van der Waals surface area contributed by atoms with Gasteiger partial charge in [-0.3, -0.25) is 4.57 Å². The van der Waals surface area contributed by atoms with Crippen molar-refractivity contribution in [3.05, 3.63) is 51.6 Å². The van der Waals surface area contributed by atoms with E-state index in [0.29, 0.717) is 25.9 Å². The molecule has 0 radical (unpaired) electrons. The number of benzene rings is 1. The highest BCUT2D eigenvalue weighted by atomic mass is 32.2. The lowest BCUT2D eigenvalue weighted by atomic mass is 9.69. The molecule has 3 atom stereocenters. The Morgan fingerprint density at radius 2 is 1.77 bits per heavy atom. The summed E-state index contributed by atoms with van der Waals surface area (Å²) in [4.78, 5) is 15.7. The van der Waals surface area contributed by atoms with Gasteiger partial charge in [-0.25, -0.2) is 31.1 Å². The van der Waals surface area contributed by atoms with Crippen LogP contribution in [0.1, 0.15) is 75.2 Å². The highest BCUT2D eigenvalue weighted by Gasteiger charge is 2.66. The Kier molecular flexibility index (Phi) is 6.42. The van der Waals surface area contributed by atoms with Crippen molar-refractivity contribution in [3.8, 4) is 5.88 Å². The number of hydrogen-bond acceptors (Lipinski definition) is 6. The van der Waals surface area contributed by atoms with Crippen molar-refractivity contribution in [2.24, 2.45) is 21.9 Å². The third-order valence-electron chi connectivity index (χ3n) is 11.3. The molecule has 0 amide bonds. The summed E-state index contributed by atoms with van der Waals surface area (Å²) >= 11 is 0. The van der Waals surface area contributed by atoms with E-state index in [2.05, 4.69) is 43.1 Å². The van der Waals surface area contributed by atoms with E-state index in [9.17, 15) is 26.7 Å². The maximum atomic E-state index is 14.1. The third kappa shape index (κ3) is 4.20. The Balaban J connectivity index is 1.27. The molecule has 2 saturated carbocycles. The fourth-order valence-electron chi connectivity index (χ4n) is 8.82. The first-order valence-electron chi connectivity index (χ1n) is 14.3. The van der Waals surface area contributed by atoms with Crippen LogP contribution in [0.25, 0.3) is 0 Å². The van der Waals surface area contributed by atoms with Gasteiger partial charge in [0.2, 0.25) is 25.9 Å². The number of aryl methyl sites for hydroxylation is 2. The van der Waals surface area contributed by atoms with Crippen LogP contribution in [0.5, 0.6) is 5.88 Å². The lowest BCUT2D eigenvalue weighted by Crippen LogP contribution is -2.50. The van der Waals surface area contributed by atoms with Crippen LogP contribution in [-0.2, 0) is 38.3 Å². The van der Waals surface area contributed by atoms with Gasteiger partial charge in [0, 0.05) is 31.0 Å². The standard InChI is InChI=1S/C28H40N4O6S2/c1-26(2)20-8-11-28(26,23(17-20)32-24(33)22(30-25(32)34)9-16-39(29,35)36)18-40(37,38)31-14-12-27(13-15-31)10-7-19-5-3-4-6-21(19)27/h3-6,20,23,33H,7-18H2,1-2H3,(H,30,34)(H2,29,35,36)/t20-,23+,28-/m1/s1. The number of nitrogens with two attached hydrogens (primary N) is 1. The first-order chi connectivity index (χ1) is 18.7. The molecule has 6 rings (SSSR count). The number of imidazole rings is 1. The molecular formula is C28H40N4O6S2. The minimum absolute atomic E-state index is 0.0478. The van der Waals surface area contributed by atoms with E-state index in [1.165, 1.54) is 15.7 Å². The monoisotopic (exact) mass is 592 g/mol. The Morgan fingerprint density at radius 3 is 2.45 bits per heavy atom. The summed E-state index contributed by atoms with van der Waals surface area (Å²) in [6.07, 6.45) is 5.68. The number of H-pyrrole nitrogens is 1. The fraction of sp³-hybridized carbons (Fsp3) is 0.679. The second-order valence-electron chi connectivity index (χ2n) is 13.2. The van der Waals surface area contributed by atoms with E-state index in [1.807, 2.05) is 0 Å². The summed E-state index contributed by atoms with van der Waals surface area (Å²) in [7, 11) is -7.45. The Bertz CT molecular complexity index is 1600. The van der Waals surface area contributed by atoms with Gasteiger partial charge in [-0.2, -0.15) is 0 Å². The van der Waals surface area contributed by atoms with Gasteiger partial charge in [-0.05, 0) is 72.8 Å². The van der Waals surface area contributed by atoms with Crippen LogP contribution in [0, 0.1) is 16.7 Å². The van der Waals surface area contributed by atoms with Crippen molar-refractivity contribution in [3.63, 3.8) is 0 Å². The molecule has 2 bridgehead atoms. The summed E-state index contributed by atoms with van der Waals surface area (Å²) < 4.78 is 54.1. The van der Waals surface area contributed by atoms with Crippen LogP contribution >= 0.6 is 0 Å². The zero-order valence-corrected chi connectivity index (χ0v) is 24.9. The smallest absolute Gasteiger partial charge is 0.328 e. The number of hydrogen-bond donors (Lipinski definition) is 3. The molecule has 1 spiro atoms. The highest BCUT2D eigenvalue weighted by molar-refractivity contribution is 7.89. The van der Waals surface area contributed by atoms with Crippen LogP contribution < -0.4 is 10.8 Å². The van der Waals surface area contributed by atoms with Gasteiger partial charge in [0.15, 0.2) is 0 Å². The molecule has 1 aromatic heterocycles. The molecule has 12 heteroatoms. The molecule has 1 aliphatic heterocycles. The van der Waals surface area contributed by atoms with Crippen molar-refractivity contribution in [1.29, 1.82) is 0 Å². The summed E-state index contributed by atoms with van der Waals surface area (Å²) in [6, 6.07) is 8.02. The number of aromatic nitrogens is 2. The van der Waals surface area contributed by atoms with E-state index in [1.54, 1.807) is 4.31 Å². The maximum Gasteiger partial charge on any atom is 0.328 e. The molecule has 2 heterocycles. The van der Waals surface area contributed by atoms with Crippen LogP contribution in [-0.4, -0.2) is 60.4 Å². The zero-order valence-electron chi connectivity index (χ0n) is 23.2. The van der Waals surface area contributed by atoms with Gasteiger partial charge in [0.1, 0.15) is 0 Å². The quantitative estimate of drug-likeness (QED) is 0.448. The number of piperidine rings is 1. The minimum atomic E-state index is -3.79. The van der Waals surface area contributed by atoms with Crippen molar-refractivity contribution < 1.29 is 21.9 Å². The SMILES string of the molecule is CC1(C)[C@@H]2CC[C@@]1(CS(=O)(=O)N1CCC3(CCc4ccccc43)CC1)[C@@H](n1c(O)c(CCS(N)(=O)=O)[nH]c1=O)C2. The van der Waals surface area contributed by atoms with Gasteiger partial charge in [0.05, 0.1) is 17.2 Å². The molecular weight excluding hydrogens is 552 g/mol. The molecule has 1 aromatic carbocycles. The maximum absolute atomic E-state index is 14.1. The number of nitrogens with zero attached hydrogens (tertiary/aromatic N) is 2. The van der Waals surface area contributed by atoms with E-state index in [4.69, 9.17) is 5.14 Å². The second kappa shape index (κ2) is 9.17. The normalized spacial score (nSPS) is 29.3. The predicted octanol–water partition coefficient (Wildman–Crippen LogP) is 2.39. The molecule has 220 valence electrons. The lowest BCUT2D eigenvalue weighted by Gasteiger charge is -2.45. The number of rotatable bonds is 7. The van der Waals surface area contributed by atoms with Crippen molar-refractivity contribution in [2.75, 3.05) is 24.6 Å². The van der Waals surface area contributed by atoms with Crippen molar-refractivity contribution in [2.45, 2.75) is 76.7 Å². The largest absolute Gasteiger partial charge is 0.493 e. The van der Waals surface area contributed by atoms with Gasteiger partial charge in [-0.1, -0.05) is 38.1 Å². The van der Waals surface area contributed by atoms with Crippen molar-refractivity contribution in [1.82, 2.24) is 13.9 Å². The summed E-state index contributed by atoms with van der Waals surface area (Å²) in [6.45, 7) is 5.15. The Morgan fingerprint density at radius 1 is 1.07 bits per heavy atom. The van der Waals surface area contributed by atoms with Crippen LogP contribution in [0.15, 0.2) is 29.1 Å². The van der Waals surface area contributed by atoms with Gasteiger partial charge < -0.3 is 10.1 Å². The number of primary sulfonamides is 1. The molecule has 40 heavy (non-hydrogen) atoms. The van der Waals surface area contributed by atoms with Gasteiger partial charge in [0.25, 0.3) is 0 Å². The first-order valence-corrected chi connectivity index (χ1v) is 17.6. The van der Waals surface area contributed by atoms with Gasteiger partial charge in [-0.15, -0.1) is 0 Å². The van der Waals surface area contributed by atoms with Gasteiger partial charge >= 0.3 is 5.69 Å². The lowest BCUT2D eigenvalue weighted by molar-refractivity contribution is 0.102. The number of sulfonamides is 2. The van der Waals surface area contributed by atoms with E-state index < -0.39 is 42.9 Å². The average Bonchev–Trinajstić information content (AvgIpc) is 3.52. The second-order valence-corrected chi connectivity index (χ2v) is 16.9. The molecule has 2 aromatic rings. The fourth-order valence-corrected chi connectivity index (χ4v) is 11.6. The number of fused-ring (bicyclic) bond motifs is 4. The molecule has 10 nitrogen and oxygen atoms in total. The predicted molar refractivity (Wildman–Crippen MR) is 152 cm³/mol. The average molecular weight is 593 g/mol. The summed E-state index contributed by atoms with van der Waals surface area (Å²) in [5, 5.41) is 16.2. The molecule has 4 N–H and O–H groups in total. The molecule has 1 saturated heterocycles. The van der Waals surface area contributed by atoms with E-state index in [-0.39, 0.29) is 40.5 Å². The topological polar surface area (TPSA) is 156 Å². The Hall–Kier alpha value is -2.15. The molecule has 0 unspecified atom stereocenters. The summed E-state index contributed by atoms with van der Waals surface area (Å²) in [5.41, 5.74) is 1.25. The third-order valence-corrected chi connectivity index (χ3v) is 14.1.